The van der Waals surface area contributed by atoms with Gasteiger partial charge in [0.25, 0.3) is 0 Å². The van der Waals surface area contributed by atoms with Gasteiger partial charge in [-0.15, -0.1) is 0 Å². The van der Waals surface area contributed by atoms with E-state index < -0.39 is 17.5 Å². The largest absolute Gasteiger partial charge is 0.204 e. The van der Waals surface area contributed by atoms with Crippen molar-refractivity contribution in [3.05, 3.63) is 59.4 Å². The van der Waals surface area contributed by atoms with Gasteiger partial charge in [-0.25, -0.2) is 13.2 Å². The van der Waals surface area contributed by atoms with Gasteiger partial charge in [-0.05, 0) is 47.1 Å². The summed E-state index contributed by atoms with van der Waals surface area (Å²) in [5.74, 6) is -2.64. The molecule has 0 bridgehead atoms. The van der Waals surface area contributed by atoms with Gasteiger partial charge in [0, 0.05) is 0 Å². The highest BCUT2D eigenvalue weighted by Crippen LogP contribution is 2.27. The highest BCUT2D eigenvalue weighted by Gasteiger charge is 2.12. The summed E-state index contributed by atoms with van der Waals surface area (Å²) in [7, 11) is 0. The molecule has 2 aromatic carbocycles. The Morgan fingerprint density at radius 3 is 1.82 bits per heavy atom. The number of hydrogen-bond donors (Lipinski definition) is 0. The third-order valence-electron chi connectivity index (χ3n) is 3.97. The summed E-state index contributed by atoms with van der Waals surface area (Å²) in [4.78, 5) is 0. The van der Waals surface area contributed by atoms with Crippen LogP contribution in [0.2, 0.25) is 0 Å². The van der Waals surface area contributed by atoms with Gasteiger partial charge < -0.3 is 0 Å². The van der Waals surface area contributed by atoms with Gasteiger partial charge in [0.05, 0.1) is 0 Å². The molecule has 1 unspecified atom stereocenters. The molecule has 0 spiro atoms. The van der Waals surface area contributed by atoms with Crippen molar-refractivity contribution in [3.63, 3.8) is 0 Å². The first kappa shape index (κ1) is 16.6. The van der Waals surface area contributed by atoms with Gasteiger partial charge in [-0.1, -0.05) is 51.5 Å². The van der Waals surface area contributed by atoms with Crippen LogP contribution in [-0.4, -0.2) is 0 Å². The minimum Gasteiger partial charge on any atom is -0.204 e. The maximum atomic E-state index is 13.3. The summed E-state index contributed by atoms with van der Waals surface area (Å²) in [5, 5.41) is 0. The Morgan fingerprint density at radius 1 is 0.773 bits per heavy atom. The summed E-state index contributed by atoms with van der Waals surface area (Å²) in [6.45, 7) is 6.58. The van der Waals surface area contributed by atoms with Crippen molar-refractivity contribution in [2.75, 3.05) is 0 Å². The first-order valence-electron chi connectivity index (χ1n) is 7.63. The minimum absolute atomic E-state index is 0.345. The molecule has 118 valence electrons. The molecular formula is C19H21F3. The molecule has 0 heterocycles. The molecule has 0 aliphatic heterocycles. The second-order valence-electron chi connectivity index (χ2n) is 6.25. The normalized spacial score (nSPS) is 12.7. The molecule has 0 saturated heterocycles. The predicted octanol–water partition coefficient (Wildman–Crippen LogP) is 6.31. The molecule has 3 heteroatoms. The Balaban J connectivity index is 2.18. The summed E-state index contributed by atoms with van der Waals surface area (Å²) < 4.78 is 39.6. The van der Waals surface area contributed by atoms with E-state index in [1.165, 1.54) is 5.56 Å². The first-order valence-corrected chi connectivity index (χ1v) is 7.63. The third-order valence-corrected chi connectivity index (χ3v) is 3.97. The Bertz CT molecular complexity index is 607. The van der Waals surface area contributed by atoms with Crippen molar-refractivity contribution >= 4 is 0 Å². The lowest BCUT2D eigenvalue weighted by Crippen LogP contribution is -1.97. The van der Waals surface area contributed by atoms with Crippen molar-refractivity contribution < 1.29 is 13.2 Å². The molecule has 0 aromatic heterocycles. The molecular weight excluding hydrogens is 285 g/mol. The van der Waals surface area contributed by atoms with Crippen LogP contribution >= 0.6 is 0 Å². The molecule has 2 aromatic rings. The van der Waals surface area contributed by atoms with Crippen LogP contribution < -0.4 is 0 Å². The molecule has 0 N–H and O–H groups in total. The van der Waals surface area contributed by atoms with E-state index in [1.807, 2.05) is 24.3 Å². The SMILES string of the molecule is CC(C)CCC(C)c1ccc(-c2cc(F)c(F)c(F)c2)cc1. The number of rotatable bonds is 5. The quantitative estimate of drug-likeness (QED) is 0.568. The number of hydrogen-bond acceptors (Lipinski definition) is 0. The Hall–Kier alpha value is -1.77. The molecule has 0 nitrogen and oxygen atoms in total. The fraction of sp³-hybridized carbons (Fsp3) is 0.368. The predicted molar refractivity (Wildman–Crippen MR) is 84.2 cm³/mol. The summed E-state index contributed by atoms with van der Waals surface area (Å²) in [6.07, 6.45) is 2.27. The monoisotopic (exact) mass is 306 g/mol. The van der Waals surface area contributed by atoms with E-state index in [0.29, 0.717) is 23.0 Å². The van der Waals surface area contributed by atoms with Crippen molar-refractivity contribution in [1.29, 1.82) is 0 Å². The summed E-state index contributed by atoms with van der Waals surface area (Å²) >= 11 is 0. The van der Waals surface area contributed by atoms with E-state index in [-0.39, 0.29) is 0 Å². The Labute approximate surface area is 130 Å². The lowest BCUT2D eigenvalue weighted by atomic mass is 9.92. The van der Waals surface area contributed by atoms with E-state index in [0.717, 1.165) is 25.0 Å². The van der Waals surface area contributed by atoms with Crippen molar-refractivity contribution in [2.24, 2.45) is 5.92 Å². The minimum atomic E-state index is -1.43. The molecule has 0 saturated carbocycles. The second-order valence-corrected chi connectivity index (χ2v) is 6.25. The standard InChI is InChI=1S/C19H21F3/c1-12(2)4-5-13(3)14-6-8-15(9-7-14)16-10-17(20)19(22)18(21)11-16/h6-13H,4-5H2,1-3H3. The van der Waals surface area contributed by atoms with Gasteiger partial charge in [-0.3, -0.25) is 0 Å². The summed E-state index contributed by atoms with van der Waals surface area (Å²) in [5.41, 5.74) is 2.22. The van der Waals surface area contributed by atoms with E-state index >= 15 is 0 Å². The highest BCUT2D eigenvalue weighted by atomic mass is 19.2. The van der Waals surface area contributed by atoms with Crippen LogP contribution in [0.25, 0.3) is 11.1 Å². The van der Waals surface area contributed by atoms with Crippen molar-refractivity contribution in [2.45, 2.75) is 39.5 Å². The van der Waals surface area contributed by atoms with Crippen LogP contribution in [0, 0.1) is 23.4 Å². The first-order chi connectivity index (χ1) is 10.4. The van der Waals surface area contributed by atoms with E-state index in [2.05, 4.69) is 20.8 Å². The van der Waals surface area contributed by atoms with Gasteiger partial charge in [0.1, 0.15) is 0 Å². The topological polar surface area (TPSA) is 0 Å². The van der Waals surface area contributed by atoms with Crippen molar-refractivity contribution in [3.8, 4) is 11.1 Å². The average Bonchev–Trinajstić information content (AvgIpc) is 2.50. The van der Waals surface area contributed by atoms with Crippen LogP contribution in [0.15, 0.2) is 36.4 Å². The number of halogens is 3. The third kappa shape index (κ3) is 3.90. The zero-order valence-electron chi connectivity index (χ0n) is 13.2. The lowest BCUT2D eigenvalue weighted by molar-refractivity contribution is 0.448. The Morgan fingerprint density at radius 2 is 1.32 bits per heavy atom. The molecule has 0 aliphatic rings. The smallest absolute Gasteiger partial charge is 0.194 e. The van der Waals surface area contributed by atoms with Gasteiger partial charge in [0.15, 0.2) is 17.5 Å². The molecule has 2 rings (SSSR count). The zero-order chi connectivity index (χ0) is 16.3. The van der Waals surface area contributed by atoms with E-state index in [4.69, 9.17) is 0 Å². The van der Waals surface area contributed by atoms with Gasteiger partial charge >= 0.3 is 0 Å². The zero-order valence-corrected chi connectivity index (χ0v) is 13.2. The fourth-order valence-electron chi connectivity index (χ4n) is 2.48. The average molecular weight is 306 g/mol. The van der Waals surface area contributed by atoms with Crippen LogP contribution in [0.4, 0.5) is 13.2 Å². The van der Waals surface area contributed by atoms with E-state index in [1.54, 1.807) is 0 Å². The van der Waals surface area contributed by atoms with Gasteiger partial charge in [-0.2, -0.15) is 0 Å². The lowest BCUT2D eigenvalue weighted by Gasteiger charge is -2.14. The van der Waals surface area contributed by atoms with Crippen LogP contribution in [-0.2, 0) is 0 Å². The Kier molecular flexibility index (Phi) is 5.28. The molecule has 22 heavy (non-hydrogen) atoms. The molecule has 0 fully saturated rings. The van der Waals surface area contributed by atoms with Crippen molar-refractivity contribution in [1.82, 2.24) is 0 Å². The summed E-state index contributed by atoms with van der Waals surface area (Å²) in [6, 6.07) is 9.64. The maximum absolute atomic E-state index is 13.3. The number of benzene rings is 2. The van der Waals surface area contributed by atoms with Crippen LogP contribution in [0.3, 0.4) is 0 Å². The van der Waals surface area contributed by atoms with Crippen LogP contribution in [0.5, 0.6) is 0 Å². The van der Waals surface area contributed by atoms with Gasteiger partial charge in [0.2, 0.25) is 0 Å². The molecule has 0 aliphatic carbocycles. The highest BCUT2D eigenvalue weighted by molar-refractivity contribution is 5.64. The fourth-order valence-corrected chi connectivity index (χ4v) is 2.48. The van der Waals surface area contributed by atoms with Crippen LogP contribution in [0.1, 0.15) is 45.1 Å². The van der Waals surface area contributed by atoms with E-state index in [9.17, 15) is 13.2 Å². The molecule has 1 atom stereocenters. The maximum Gasteiger partial charge on any atom is 0.194 e. The molecule has 0 radical (unpaired) electrons. The second kappa shape index (κ2) is 6.99. The molecule has 0 amide bonds.